The number of ether oxygens (including phenoxy) is 1. The molecule has 1 aromatic heterocycles. The lowest BCUT2D eigenvalue weighted by Crippen LogP contribution is -2.39. The molecule has 1 fully saturated rings. The van der Waals surface area contributed by atoms with Crippen molar-refractivity contribution in [1.29, 1.82) is 0 Å². The maximum Gasteiger partial charge on any atom is 0.256 e. The fourth-order valence-corrected chi connectivity index (χ4v) is 1.73. The number of amides is 1. The number of nitrogens with one attached hydrogen (secondary N) is 1. The second kappa shape index (κ2) is 4.52. The molecule has 2 rings (SSSR count). The number of hydrogen-bond acceptors (Lipinski definition) is 4. The molecule has 0 saturated carbocycles. The average Bonchev–Trinajstić information content (AvgIpc) is 2.61. The van der Waals surface area contributed by atoms with Crippen LogP contribution in [0.3, 0.4) is 0 Å². The van der Waals surface area contributed by atoms with Crippen LogP contribution >= 0.6 is 0 Å². The van der Waals surface area contributed by atoms with Crippen LogP contribution in [0.1, 0.15) is 23.2 Å². The minimum atomic E-state index is -0.155. The Morgan fingerprint density at radius 1 is 1.62 bits per heavy atom. The van der Waals surface area contributed by atoms with Crippen molar-refractivity contribution in [3.63, 3.8) is 0 Å². The molecule has 3 N–H and O–H groups in total. The zero-order chi connectivity index (χ0) is 11.5. The largest absolute Gasteiger partial charge is 0.383 e. The monoisotopic (exact) mass is 224 g/mol. The van der Waals surface area contributed by atoms with Gasteiger partial charge >= 0.3 is 0 Å². The molecule has 1 saturated heterocycles. The Bertz CT molecular complexity index is 382. The van der Waals surface area contributed by atoms with Crippen molar-refractivity contribution in [2.75, 3.05) is 18.9 Å². The van der Waals surface area contributed by atoms with Gasteiger partial charge in [0, 0.05) is 26.3 Å². The van der Waals surface area contributed by atoms with Crippen LogP contribution < -0.4 is 11.1 Å². The summed E-state index contributed by atoms with van der Waals surface area (Å²) in [4.78, 5) is 11.9. The summed E-state index contributed by atoms with van der Waals surface area (Å²) in [5.74, 6) is 0.238. The summed E-state index contributed by atoms with van der Waals surface area (Å²) >= 11 is 0. The lowest BCUT2D eigenvalue weighted by atomic mass is 10.1. The number of carbonyl (C=O) groups excluding carboxylic acids is 1. The minimum Gasteiger partial charge on any atom is -0.383 e. The van der Waals surface area contributed by atoms with E-state index in [4.69, 9.17) is 10.5 Å². The fraction of sp³-hybridized carbons (Fsp3) is 0.600. The van der Waals surface area contributed by atoms with Gasteiger partial charge < -0.3 is 15.8 Å². The van der Waals surface area contributed by atoms with Crippen LogP contribution in [0.4, 0.5) is 5.82 Å². The van der Waals surface area contributed by atoms with Gasteiger partial charge in [0.25, 0.3) is 5.91 Å². The molecule has 1 aromatic rings. The van der Waals surface area contributed by atoms with Crippen molar-refractivity contribution in [2.24, 2.45) is 7.05 Å². The highest BCUT2D eigenvalue weighted by molar-refractivity contribution is 5.98. The van der Waals surface area contributed by atoms with Crippen molar-refractivity contribution in [3.05, 3.63) is 11.8 Å². The van der Waals surface area contributed by atoms with Crippen molar-refractivity contribution >= 4 is 11.7 Å². The van der Waals surface area contributed by atoms with Crippen LogP contribution in [0, 0.1) is 0 Å². The predicted octanol–water partition coefficient (Wildman–Crippen LogP) is -0.0889. The molecule has 1 amide bonds. The number of hydrogen-bond donors (Lipinski definition) is 2. The third kappa shape index (κ3) is 2.16. The molecule has 0 aromatic carbocycles. The average molecular weight is 224 g/mol. The van der Waals surface area contributed by atoms with E-state index in [0.717, 1.165) is 12.8 Å². The lowest BCUT2D eigenvalue weighted by Gasteiger charge is -2.22. The number of nitrogens with zero attached hydrogens (tertiary/aromatic N) is 2. The Balaban J connectivity index is 1.99. The van der Waals surface area contributed by atoms with Crippen molar-refractivity contribution < 1.29 is 9.53 Å². The quantitative estimate of drug-likeness (QED) is 0.735. The summed E-state index contributed by atoms with van der Waals surface area (Å²) < 4.78 is 6.71. The lowest BCUT2D eigenvalue weighted by molar-refractivity contribution is 0.0697. The first-order valence-corrected chi connectivity index (χ1v) is 5.34. The van der Waals surface area contributed by atoms with Crippen LogP contribution in [0.25, 0.3) is 0 Å². The van der Waals surface area contributed by atoms with Gasteiger partial charge in [0.05, 0.1) is 6.20 Å². The minimum absolute atomic E-state index is 0.155. The van der Waals surface area contributed by atoms with Crippen LogP contribution in [-0.4, -0.2) is 34.9 Å². The smallest absolute Gasteiger partial charge is 0.256 e. The van der Waals surface area contributed by atoms with E-state index in [1.165, 1.54) is 10.9 Å². The molecule has 16 heavy (non-hydrogen) atoms. The predicted molar refractivity (Wildman–Crippen MR) is 58.9 cm³/mol. The van der Waals surface area contributed by atoms with E-state index in [1.54, 1.807) is 7.05 Å². The molecule has 1 aliphatic heterocycles. The molecule has 0 atom stereocenters. The molecule has 2 heterocycles. The number of carbonyl (C=O) groups is 1. The zero-order valence-electron chi connectivity index (χ0n) is 9.27. The van der Waals surface area contributed by atoms with Gasteiger partial charge in [-0.05, 0) is 12.8 Å². The zero-order valence-corrected chi connectivity index (χ0v) is 9.27. The summed E-state index contributed by atoms with van der Waals surface area (Å²) in [6, 6.07) is 0.181. The van der Waals surface area contributed by atoms with Crippen molar-refractivity contribution in [3.8, 4) is 0 Å². The van der Waals surface area contributed by atoms with E-state index < -0.39 is 0 Å². The molecule has 0 unspecified atom stereocenters. The molecule has 0 bridgehead atoms. The van der Waals surface area contributed by atoms with E-state index in [0.29, 0.717) is 24.6 Å². The van der Waals surface area contributed by atoms with Gasteiger partial charge in [-0.25, -0.2) is 0 Å². The molecular weight excluding hydrogens is 208 g/mol. The van der Waals surface area contributed by atoms with Gasteiger partial charge in [-0.2, -0.15) is 5.10 Å². The Hall–Kier alpha value is -1.56. The van der Waals surface area contributed by atoms with E-state index in [9.17, 15) is 4.79 Å². The van der Waals surface area contributed by atoms with E-state index >= 15 is 0 Å². The van der Waals surface area contributed by atoms with Gasteiger partial charge in [-0.3, -0.25) is 9.48 Å². The van der Waals surface area contributed by atoms with E-state index in [-0.39, 0.29) is 11.9 Å². The van der Waals surface area contributed by atoms with Gasteiger partial charge in [0.15, 0.2) is 0 Å². The van der Waals surface area contributed by atoms with Gasteiger partial charge in [0.2, 0.25) is 0 Å². The second-order valence-corrected chi connectivity index (χ2v) is 3.93. The highest BCUT2D eigenvalue weighted by Crippen LogP contribution is 2.11. The molecule has 6 heteroatoms. The number of rotatable bonds is 2. The standard InChI is InChI=1S/C10H16N4O2/c1-14-9(11)8(6-12-14)10(15)13-7-2-4-16-5-3-7/h6-7H,2-5,11H2,1H3,(H,13,15). The maximum absolute atomic E-state index is 11.9. The summed E-state index contributed by atoms with van der Waals surface area (Å²) in [5.41, 5.74) is 6.16. The normalized spacial score (nSPS) is 17.3. The number of anilines is 1. The van der Waals surface area contributed by atoms with Crippen LogP contribution in [0.2, 0.25) is 0 Å². The molecule has 88 valence electrons. The Labute approximate surface area is 93.8 Å². The summed E-state index contributed by atoms with van der Waals surface area (Å²) in [7, 11) is 1.71. The maximum atomic E-state index is 11.9. The van der Waals surface area contributed by atoms with Crippen molar-refractivity contribution in [1.82, 2.24) is 15.1 Å². The fourth-order valence-electron chi connectivity index (χ4n) is 1.73. The number of nitrogen functional groups attached to an aromatic ring is 1. The first kappa shape index (κ1) is 10.9. The summed E-state index contributed by atoms with van der Waals surface area (Å²) in [6.07, 6.45) is 3.20. The number of aryl methyl sites for hydroxylation is 1. The highest BCUT2D eigenvalue weighted by Gasteiger charge is 2.19. The Morgan fingerprint density at radius 2 is 2.31 bits per heavy atom. The second-order valence-electron chi connectivity index (χ2n) is 3.93. The van der Waals surface area contributed by atoms with Crippen LogP contribution in [-0.2, 0) is 11.8 Å². The Morgan fingerprint density at radius 3 is 2.88 bits per heavy atom. The molecule has 0 radical (unpaired) electrons. The molecular formula is C10H16N4O2. The molecule has 1 aliphatic rings. The SMILES string of the molecule is Cn1ncc(C(=O)NC2CCOCC2)c1N. The highest BCUT2D eigenvalue weighted by atomic mass is 16.5. The molecule has 0 aliphatic carbocycles. The summed E-state index contributed by atoms with van der Waals surface area (Å²) in [6.45, 7) is 1.40. The molecule has 0 spiro atoms. The van der Waals surface area contributed by atoms with Gasteiger partial charge in [-0.1, -0.05) is 0 Å². The van der Waals surface area contributed by atoms with Crippen molar-refractivity contribution in [2.45, 2.75) is 18.9 Å². The number of nitrogens with two attached hydrogens (primary N) is 1. The first-order chi connectivity index (χ1) is 7.68. The van der Waals surface area contributed by atoms with Gasteiger partial charge in [0.1, 0.15) is 11.4 Å². The summed E-state index contributed by atoms with van der Waals surface area (Å²) in [5, 5.41) is 6.87. The van der Waals surface area contributed by atoms with E-state index in [1.807, 2.05) is 0 Å². The molecule has 6 nitrogen and oxygen atoms in total. The third-order valence-corrected chi connectivity index (χ3v) is 2.79. The number of aromatic nitrogens is 2. The topological polar surface area (TPSA) is 82.2 Å². The third-order valence-electron chi connectivity index (χ3n) is 2.79. The van der Waals surface area contributed by atoms with Gasteiger partial charge in [-0.15, -0.1) is 0 Å². The van der Waals surface area contributed by atoms with Crippen LogP contribution in [0.5, 0.6) is 0 Å². The van der Waals surface area contributed by atoms with E-state index in [2.05, 4.69) is 10.4 Å². The van der Waals surface area contributed by atoms with Crippen LogP contribution in [0.15, 0.2) is 6.20 Å². The first-order valence-electron chi connectivity index (χ1n) is 5.34. The Kier molecular flexibility index (Phi) is 3.09.